The summed E-state index contributed by atoms with van der Waals surface area (Å²) in [6.45, 7) is 8.07. The van der Waals surface area contributed by atoms with Crippen LogP contribution < -0.4 is 15.8 Å². The van der Waals surface area contributed by atoms with E-state index in [1.807, 2.05) is 42.5 Å². The number of primary amides is 1. The Hall–Kier alpha value is -2.53. The average molecular weight is 370 g/mol. The van der Waals surface area contributed by atoms with Crippen LogP contribution in [0.5, 0.6) is 5.75 Å². The molecular weight excluding hydrogens is 338 g/mol. The van der Waals surface area contributed by atoms with Crippen molar-refractivity contribution in [2.45, 2.75) is 39.7 Å². The Kier molecular flexibility index (Phi) is 8.65. The Morgan fingerprint density at radius 2 is 1.70 bits per heavy atom. The highest BCUT2D eigenvalue weighted by molar-refractivity contribution is 5.89. The summed E-state index contributed by atoms with van der Waals surface area (Å²) < 4.78 is 5.90. The van der Waals surface area contributed by atoms with Gasteiger partial charge in [0.25, 0.3) is 0 Å². The number of carbonyl (C=O) groups is 1. The molecule has 0 aliphatic heterocycles. The molecule has 0 heterocycles. The molecule has 0 aromatic heterocycles. The largest absolute Gasteiger partial charge is 0.487 e. The summed E-state index contributed by atoms with van der Waals surface area (Å²) in [6, 6.07) is 15.3. The van der Waals surface area contributed by atoms with E-state index in [-0.39, 0.29) is 0 Å². The molecule has 0 unspecified atom stereocenters. The van der Waals surface area contributed by atoms with Gasteiger partial charge in [-0.2, -0.15) is 0 Å². The summed E-state index contributed by atoms with van der Waals surface area (Å²) >= 11 is 0. The molecule has 5 heteroatoms. The Labute approximate surface area is 162 Å². The molecule has 3 N–H and O–H groups in total. The highest BCUT2D eigenvalue weighted by atomic mass is 16.5. The molecule has 2 amide bonds. The van der Waals surface area contributed by atoms with Crippen molar-refractivity contribution in [3.63, 3.8) is 0 Å². The molecule has 0 aliphatic carbocycles. The number of anilines is 1. The maximum atomic E-state index is 11.4. The Morgan fingerprint density at radius 3 is 2.33 bits per heavy atom. The third kappa shape index (κ3) is 7.31. The molecule has 0 atom stereocenters. The summed E-state index contributed by atoms with van der Waals surface area (Å²) in [5.41, 5.74) is 8.18. The van der Waals surface area contributed by atoms with Gasteiger partial charge in [0.05, 0.1) is 5.69 Å². The fraction of sp³-hybridized carbons (Fsp3) is 0.409. The lowest BCUT2D eigenvalue weighted by Gasteiger charge is -2.21. The summed E-state index contributed by atoms with van der Waals surface area (Å²) in [4.78, 5) is 13.9. The SMILES string of the molecule is CCCN(CCC)CCc1ccc(OCc2ccccc2)c(NC(N)=O)c1. The Morgan fingerprint density at radius 1 is 1.00 bits per heavy atom. The number of carbonyl (C=O) groups excluding carboxylic acids is 1. The maximum Gasteiger partial charge on any atom is 0.316 e. The van der Waals surface area contributed by atoms with Crippen molar-refractivity contribution >= 4 is 11.7 Å². The Balaban J connectivity index is 2.06. The van der Waals surface area contributed by atoms with Gasteiger partial charge < -0.3 is 20.7 Å². The number of rotatable bonds is 11. The van der Waals surface area contributed by atoms with Gasteiger partial charge >= 0.3 is 6.03 Å². The van der Waals surface area contributed by atoms with Crippen molar-refractivity contribution in [3.05, 3.63) is 59.7 Å². The fourth-order valence-electron chi connectivity index (χ4n) is 3.08. The van der Waals surface area contributed by atoms with Crippen LogP contribution in [0.1, 0.15) is 37.8 Å². The summed E-state index contributed by atoms with van der Waals surface area (Å²) in [5.74, 6) is 0.625. The first kappa shape index (κ1) is 20.8. The van der Waals surface area contributed by atoms with E-state index in [0.717, 1.165) is 50.0 Å². The number of ether oxygens (including phenoxy) is 1. The van der Waals surface area contributed by atoms with Crippen LogP contribution in [-0.2, 0) is 13.0 Å². The predicted molar refractivity (Wildman–Crippen MR) is 111 cm³/mol. The molecule has 0 saturated carbocycles. The van der Waals surface area contributed by atoms with Crippen molar-refractivity contribution in [1.29, 1.82) is 0 Å². The van der Waals surface area contributed by atoms with E-state index in [4.69, 9.17) is 10.5 Å². The second kappa shape index (κ2) is 11.2. The zero-order valence-corrected chi connectivity index (χ0v) is 16.4. The molecule has 0 saturated heterocycles. The van der Waals surface area contributed by atoms with Gasteiger partial charge in [-0.15, -0.1) is 0 Å². The van der Waals surface area contributed by atoms with E-state index in [1.54, 1.807) is 0 Å². The summed E-state index contributed by atoms with van der Waals surface area (Å²) in [7, 11) is 0. The minimum absolute atomic E-state index is 0.439. The Bertz CT molecular complexity index is 698. The number of nitrogens with zero attached hydrogens (tertiary/aromatic N) is 1. The van der Waals surface area contributed by atoms with E-state index >= 15 is 0 Å². The van der Waals surface area contributed by atoms with Crippen LogP contribution in [0.15, 0.2) is 48.5 Å². The quantitative estimate of drug-likeness (QED) is 0.616. The number of hydrogen-bond acceptors (Lipinski definition) is 3. The van der Waals surface area contributed by atoms with E-state index in [9.17, 15) is 4.79 Å². The molecule has 0 aliphatic rings. The minimum Gasteiger partial charge on any atom is -0.487 e. The topological polar surface area (TPSA) is 67.6 Å². The monoisotopic (exact) mass is 369 g/mol. The lowest BCUT2D eigenvalue weighted by molar-refractivity contribution is 0.259. The second-order valence-corrected chi connectivity index (χ2v) is 6.69. The molecule has 2 rings (SSSR count). The van der Waals surface area contributed by atoms with Gasteiger partial charge in [0.1, 0.15) is 12.4 Å². The van der Waals surface area contributed by atoms with E-state index in [0.29, 0.717) is 18.0 Å². The molecule has 0 spiro atoms. The zero-order valence-electron chi connectivity index (χ0n) is 16.4. The molecule has 5 nitrogen and oxygen atoms in total. The maximum absolute atomic E-state index is 11.4. The number of urea groups is 1. The number of amides is 2. The molecule has 27 heavy (non-hydrogen) atoms. The van der Waals surface area contributed by atoms with Crippen molar-refractivity contribution in [2.75, 3.05) is 25.0 Å². The van der Waals surface area contributed by atoms with Crippen LogP contribution >= 0.6 is 0 Å². The highest BCUT2D eigenvalue weighted by Crippen LogP contribution is 2.27. The third-order valence-corrected chi connectivity index (χ3v) is 4.34. The third-order valence-electron chi connectivity index (χ3n) is 4.34. The van der Waals surface area contributed by atoms with Crippen molar-refractivity contribution in [2.24, 2.45) is 5.73 Å². The number of nitrogens with one attached hydrogen (secondary N) is 1. The van der Waals surface area contributed by atoms with Gasteiger partial charge in [-0.25, -0.2) is 4.79 Å². The van der Waals surface area contributed by atoms with Gasteiger partial charge in [-0.05, 0) is 55.6 Å². The van der Waals surface area contributed by atoms with Crippen molar-refractivity contribution in [3.8, 4) is 5.75 Å². The first-order chi connectivity index (χ1) is 13.1. The van der Waals surface area contributed by atoms with Crippen LogP contribution in [0.2, 0.25) is 0 Å². The molecule has 0 bridgehead atoms. The van der Waals surface area contributed by atoms with Crippen LogP contribution in [0, 0.1) is 0 Å². The van der Waals surface area contributed by atoms with Crippen molar-refractivity contribution < 1.29 is 9.53 Å². The van der Waals surface area contributed by atoms with Gasteiger partial charge in [0.15, 0.2) is 0 Å². The van der Waals surface area contributed by atoms with E-state index < -0.39 is 6.03 Å². The van der Waals surface area contributed by atoms with Crippen molar-refractivity contribution in [1.82, 2.24) is 4.90 Å². The van der Waals surface area contributed by atoms with Crippen LogP contribution in [0.4, 0.5) is 10.5 Å². The molecular formula is C22H31N3O2. The second-order valence-electron chi connectivity index (χ2n) is 6.69. The van der Waals surface area contributed by atoms with Crippen LogP contribution in [-0.4, -0.2) is 30.6 Å². The highest BCUT2D eigenvalue weighted by Gasteiger charge is 2.09. The summed E-state index contributed by atoms with van der Waals surface area (Å²) in [6.07, 6.45) is 3.23. The predicted octanol–water partition coefficient (Wildman–Crippen LogP) is 4.42. The number of hydrogen-bond donors (Lipinski definition) is 2. The van der Waals surface area contributed by atoms with Gasteiger partial charge in [0.2, 0.25) is 0 Å². The lowest BCUT2D eigenvalue weighted by atomic mass is 10.1. The first-order valence-electron chi connectivity index (χ1n) is 9.70. The normalized spacial score (nSPS) is 10.8. The molecule has 0 fully saturated rings. The van der Waals surface area contributed by atoms with Gasteiger partial charge in [0, 0.05) is 6.54 Å². The van der Waals surface area contributed by atoms with Gasteiger partial charge in [-0.1, -0.05) is 50.2 Å². The van der Waals surface area contributed by atoms with Crippen LogP contribution in [0.25, 0.3) is 0 Å². The number of nitrogens with two attached hydrogens (primary N) is 1. The average Bonchev–Trinajstić information content (AvgIpc) is 2.66. The zero-order chi connectivity index (χ0) is 19.5. The standard InChI is InChI=1S/C22H31N3O2/c1-3-13-25(14-4-2)15-12-18-10-11-21(20(16-18)24-22(23)26)27-17-19-8-6-5-7-9-19/h5-11,16H,3-4,12-15,17H2,1-2H3,(H3,23,24,26). The van der Waals surface area contributed by atoms with E-state index in [1.165, 1.54) is 0 Å². The van der Waals surface area contributed by atoms with E-state index in [2.05, 4.69) is 30.1 Å². The molecule has 0 radical (unpaired) electrons. The summed E-state index contributed by atoms with van der Waals surface area (Å²) in [5, 5.41) is 2.69. The minimum atomic E-state index is -0.588. The molecule has 146 valence electrons. The number of benzene rings is 2. The lowest BCUT2D eigenvalue weighted by Crippen LogP contribution is -2.27. The smallest absolute Gasteiger partial charge is 0.316 e. The first-order valence-corrected chi connectivity index (χ1v) is 9.70. The molecule has 2 aromatic carbocycles. The van der Waals surface area contributed by atoms with Gasteiger partial charge in [-0.3, -0.25) is 0 Å². The van der Waals surface area contributed by atoms with Crippen LogP contribution in [0.3, 0.4) is 0 Å². The fourth-order valence-corrected chi connectivity index (χ4v) is 3.08. The molecule has 2 aromatic rings.